The van der Waals surface area contributed by atoms with Crippen LogP contribution in [0.5, 0.6) is 0 Å². The van der Waals surface area contributed by atoms with Gasteiger partial charge in [0.25, 0.3) is 0 Å². The number of hydrogen-bond donors (Lipinski definition) is 0. The molecule has 72 valence electrons. The van der Waals surface area contributed by atoms with Gasteiger partial charge in [0.1, 0.15) is 0 Å². The second-order valence-electron chi connectivity index (χ2n) is 3.20. The Morgan fingerprint density at radius 3 is 2.57 bits per heavy atom. The number of rotatable bonds is 2. The van der Waals surface area contributed by atoms with Crippen molar-refractivity contribution in [3.63, 3.8) is 0 Å². The lowest BCUT2D eigenvalue weighted by atomic mass is 10.2. The molecule has 1 aliphatic rings. The summed E-state index contributed by atoms with van der Waals surface area (Å²) in [7, 11) is -0.908. The van der Waals surface area contributed by atoms with E-state index in [-0.39, 0.29) is 5.25 Å². The number of hydrogen-bond acceptors (Lipinski definition) is 1. The topological polar surface area (TPSA) is 17.1 Å². The van der Waals surface area contributed by atoms with Crippen molar-refractivity contribution < 1.29 is 4.21 Å². The summed E-state index contributed by atoms with van der Waals surface area (Å²) in [5.41, 5.74) is 0. The normalized spacial score (nSPS) is 22.1. The van der Waals surface area contributed by atoms with Crippen molar-refractivity contribution in [2.24, 2.45) is 0 Å². The number of benzene rings is 1. The molecule has 0 fully saturated rings. The molecule has 2 unspecified atom stereocenters. The molecule has 0 spiro atoms. The van der Waals surface area contributed by atoms with Crippen LogP contribution in [0.4, 0.5) is 0 Å². The van der Waals surface area contributed by atoms with Gasteiger partial charge in [0.15, 0.2) is 0 Å². The van der Waals surface area contributed by atoms with Crippen molar-refractivity contribution in [2.45, 2.75) is 16.6 Å². The van der Waals surface area contributed by atoms with Crippen molar-refractivity contribution in [1.29, 1.82) is 0 Å². The lowest BCUT2D eigenvalue weighted by Crippen LogP contribution is -2.12. The molecule has 0 saturated heterocycles. The number of allylic oxidation sites excluding steroid dienone is 3. The second kappa shape index (κ2) is 4.38. The van der Waals surface area contributed by atoms with Crippen molar-refractivity contribution in [1.82, 2.24) is 0 Å². The average molecular weight is 204 g/mol. The summed E-state index contributed by atoms with van der Waals surface area (Å²) in [6.07, 6.45) is 8.92. The lowest BCUT2D eigenvalue weighted by molar-refractivity contribution is 0.677. The van der Waals surface area contributed by atoms with Gasteiger partial charge in [-0.25, -0.2) is 0 Å². The van der Waals surface area contributed by atoms with Gasteiger partial charge in [-0.2, -0.15) is 0 Å². The van der Waals surface area contributed by atoms with E-state index in [9.17, 15) is 4.21 Å². The van der Waals surface area contributed by atoms with Gasteiger partial charge in [-0.15, -0.1) is 0 Å². The van der Waals surface area contributed by atoms with Gasteiger partial charge >= 0.3 is 0 Å². The highest BCUT2D eigenvalue weighted by Crippen LogP contribution is 2.17. The molecular formula is C12H12OS. The van der Waals surface area contributed by atoms with E-state index in [0.717, 1.165) is 11.3 Å². The average Bonchev–Trinajstić information content (AvgIpc) is 2.30. The van der Waals surface area contributed by atoms with Crippen LogP contribution in [0.25, 0.3) is 0 Å². The minimum Gasteiger partial charge on any atom is -0.254 e. The third kappa shape index (κ3) is 2.02. The van der Waals surface area contributed by atoms with Crippen LogP contribution in [0.15, 0.2) is 59.5 Å². The summed E-state index contributed by atoms with van der Waals surface area (Å²) in [6.45, 7) is 0. The summed E-state index contributed by atoms with van der Waals surface area (Å²) in [6, 6.07) is 9.63. The third-order valence-corrected chi connectivity index (χ3v) is 3.83. The lowest BCUT2D eigenvalue weighted by Gasteiger charge is -2.12. The Hall–Kier alpha value is -1.15. The molecule has 1 aromatic rings. The first-order valence-electron chi connectivity index (χ1n) is 4.67. The maximum atomic E-state index is 12.0. The van der Waals surface area contributed by atoms with Crippen LogP contribution in [0.2, 0.25) is 0 Å². The Kier molecular flexibility index (Phi) is 2.94. The fraction of sp³-hybridized carbons (Fsp3) is 0.167. The van der Waals surface area contributed by atoms with E-state index in [2.05, 4.69) is 6.08 Å². The smallest absolute Gasteiger partial charge is 0.0612 e. The van der Waals surface area contributed by atoms with E-state index in [0.29, 0.717) is 0 Å². The fourth-order valence-corrected chi connectivity index (χ4v) is 2.74. The zero-order valence-corrected chi connectivity index (χ0v) is 8.61. The molecule has 0 N–H and O–H groups in total. The molecule has 2 rings (SSSR count). The minimum atomic E-state index is -0.908. The molecule has 1 aromatic carbocycles. The highest BCUT2D eigenvalue weighted by Gasteiger charge is 2.14. The molecule has 0 bridgehead atoms. The molecule has 0 amide bonds. The van der Waals surface area contributed by atoms with Crippen molar-refractivity contribution in [3.05, 3.63) is 54.6 Å². The molecule has 0 heterocycles. The molecule has 0 saturated carbocycles. The highest BCUT2D eigenvalue weighted by atomic mass is 32.2. The van der Waals surface area contributed by atoms with E-state index in [1.165, 1.54) is 0 Å². The quantitative estimate of drug-likeness (QED) is 0.724. The van der Waals surface area contributed by atoms with Crippen LogP contribution < -0.4 is 0 Å². The zero-order valence-electron chi connectivity index (χ0n) is 7.80. The Balaban J connectivity index is 2.17. The Morgan fingerprint density at radius 1 is 1.14 bits per heavy atom. The van der Waals surface area contributed by atoms with Gasteiger partial charge < -0.3 is 0 Å². The molecule has 1 nitrogen and oxygen atoms in total. The summed E-state index contributed by atoms with van der Waals surface area (Å²) in [5.74, 6) is 0. The molecular weight excluding hydrogens is 192 g/mol. The van der Waals surface area contributed by atoms with Crippen LogP contribution in [0.3, 0.4) is 0 Å². The third-order valence-electron chi connectivity index (χ3n) is 2.19. The van der Waals surface area contributed by atoms with Gasteiger partial charge in [-0.3, -0.25) is 4.21 Å². The van der Waals surface area contributed by atoms with Gasteiger partial charge in [0, 0.05) is 4.90 Å². The minimum absolute atomic E-state index is 0.141. The van der Waals surface area contributed by atoms with Crippen LogP contribution >= 0.6 is 0 Å². The van der Waals surface area contributed by atoms with Crippen molar-refractivity contribution in [3.8, 4) is 0 Å². The molecule has 2 heteroatoms. The van der Waals surface area contributed by atoms with Crippen LogP contribution in [0, 0.1) is 0 Å². The van der Waals surface area contributed by atoms with Crippen LogP contribution in [0.1, 0.15) is 6.42 Å². The summed E-state index contributed by atoms with van der Waals surface area (Å²) >= 11 is 0. The standard InChI is InChI=1S/C12H12OS/c13-14(11-7-3-1-4-8-11)12-9-5-2-6-10-12/h1-9,12H,10H2. The summed E-state index contributed by atoms with van der Waals surface area (Å²) in [5, 5.41) is 0.141. The predicted molar refractivity (Wildman–Crippen MR) is 59.5 cm³/mol. The fourth-order valence-electron chi connectivity index (χ4n) is 1.45. The molecule has 14 heavy (non-hydrogen) atoms. The van der Waals surface area contributed by atoms with Gasteiger partial charge in [0.2, 0.25) is 0 Å². The largest absolute Gasteiger partial charge is 0.254 e. The van der Waals surface area contributed by atoms with Gasteiger partial charge in [0.05, 0.1) is 16.0 Å². The first kappa shape index (κ1) is 9.41. The zero-order chi connectivity index (χ0) is 9.80. The monoisotopic (exact) mass is 204 g/mol. The Labute approximate surface area is 86.6 Å². The van der Waals surface area contributed by atoms with Crippen LogP contribution in [-0.4, -0.2) is 9.46 Å². The van der Waals surface area contributed by atoms with Crippen LogP contribution in [-0.2, 0) is 10.8 Å². The van der Waals surface area contributed by atoms with E-state index >= 15 is 0 Å². The summed E-state index contributed by atoms with van der Waals surface area (Å²) in [4.78, 5) is 0.914. The van der Waals surface area contributed by atoms with Crippen molar-refractivity contribution in [2.75, 3.05) is 0 Å². The molecule has 2 atom stereocenters. The maximum absolute atomic E-state index is 12.0. The molecule has 0 aliphatic heterocycles. The predicted octanol–water partition coefficient (Wildman–Crippen LogP) is 2.68. The van der Waals surface area contributed by atoms with Gasteiger partial charge in [-0.1, -0.05) is 42.5 Å². The Morgan fingerprint density at radius 2 is 1.93 bits per heavy atom. The maximum Gasteiger partial charge on any atom is 0.0612 e. The highest BCUT2D eigenvalue weighted by molar-refractivity contribution is 7.85. The Bertz CT molecular complexity index is 379. The first-order chi connectivity index (χ1) is 6.88. The van der Waals surface area contributed by atoms with E-state index < -0.39 is 10.8 Å². The molecule has 0 aromatic heterocycles. The molecule has 0 radical (unpaired) electrons. The van der Waals surface area contributed by atoms with Crippen molar-refractivity contribution >= 4 is 10.8 Å². The van der Waals surface area contributed by atoms with Gasteiger partial charge in [-0.05, 0) is 18.6 Å². The summed E-state index contributed by atoms with van der Waals surface area (Å²) < 4.78 is 12.0. The first-order valence-corrected chi connectivity index (χ1v) is 5.88. The van der Waals surface area contributed by atoms with E-state index in [4.69, 9.17) is 0 Å². The molecule has 1 aliphatic carbocycles. The second-order valence-corrected chi connectivity index (χ2v) is 4.87. The van der Waals surface area contributed by atoms with E-state index in [1.807, 2.05) is 48.6 Å². The van der Waals surface area contributed by atoms with E-state index in [1.54, 1.807) is 0 Å². The SMILES string of the molecule is O=S(c1ccccc1)C1C=CC=CC1.